The summed E-state index contributed by atoms with van der Waals surface area (Å²) in [5.41, 5.74) is 0.157. The average Bonchev–Trinajstić information content (AvgIpc) is 3.20. The van der Waals surface area contributed by atoms with E-state index in [4.69, 9.17) is 16.3 Å². The Morgan fingerprint density at radius 1 is 0.857 bits per heavy atom. The molecule has 0 radical (unpaired) electrons. The Bertz CT molecular complexity index is 1360. The van der Waals surface area contributed by atoms with E-state index < -0.39 is 39.6 Å². The summed E-state index contributed by atoms with van der Waals surface area (Å²) in [6.45, 7) is 3.64. The third kappa shape index (κ3) is 8.41. The lowest BCUT2D eigenvalue weighted by atomic mass is 10.1. The number of hydrogen-bond donors (Lipinski definition) is 1. The predicted octanol–water partition coefficient (Wildman–Crippen LogP) is 6.20. The van der Waals surface area contributed by atoms with Crippen molar-refractivity contribution >= 4 is 50.8 Å². The van der Waals surface area contributed by atoms with Crippen LogP contribution in [0.15, 0.2) is 47.4 Å². The Balaban J connectivity index is 1.62. The Morgan fingerprint density at radius 2 is 1.40 bits per heavy atom. The van der Waals surface area contributed by atoms with Gasteiger partial charge in [-0.3, -0.25) is 19.3 Å². The average molecular weight is 619 g/mol. The molecule has 1 heterocycles. The first-order chi connectivity index (χ1) is 20.1. The van der Waals surface area contributed by atoms with E-state index >= 15 is 0 Å². The van der Waals surface area contributed by atoms with Gasteiger partial charge in [0.2, 0.25) is 6.04 Å². The van der Waals surface area contributed by atoms with Gasteiger partial charge in [-0.15, -0.1) is 0 Å². The van der Waals surface area contributed by atoms with Crippen LogP contribution < -0.4 is 5.32 Å². The molecule has 9 nitrogen and oxygen atoms in total. The van der Waals surface area contributed by atoms with Gasteiger partial charge < -0.3 is 10.1 Å². The fourth-order valence-electron chi connectivity index (χ4n) is 4.88. The van der Waals surface area contributed by atoms with E-state index in [0.29, 0.717) is 11.3 Å². The number of nitrogens with zero attached hydrogens (tertiary/aromatic N) is 1. The van der Waals surface area contributed by atoms with Crippen molar-refractivity contribution < 1.29 is 32.3 Å². The van der Waals surface area contributed by atoms with Gasteiger partial charge in [0.05, 0.1) is 39.1 Å². The van der Waals surface area contributed by atoms with Crippen LogP contribution in [-0.4, -0.2) is 55.4 Å². The Morgan fingerprint density at radius 3 is 1.93 bits per heavy atom. The summed E-state index contributed by atoms with van der Waals surface area (Å²) in [5.74, 6) is -3.73. The van der Waals surface area contributed by atoms with E-state index in [1.165, 1.54) is 75.8 Å². The number of esters is 1. The zero-order valence-electron chi connectivity index (χ0n) is 24.2. The van der Waals surface area contributed by atoms with Crippen LogP contribution >= 0.6 is 11.6 Å². The highest BCUT2D eigenvalue weighted by Crippen LogP contribution is 2.29. The number of carbonyl (C=O) groups is 4. The maximum atomic E-state index is 13.3. The van der Waals surface area contributed by atoms with Crippen molar-refractivity contribution in [2.24, 2.45) is 0 Å². The van der Waals surface area contributed by atoms with Gasteiger partial charge in [0.15, 0.2) is 9.84 Å². The molecule has 0 spiro atoms. The third-order valence-electron chi connectivity index (χ3n) is 7.17. The van der Waals surface area contributed by atoms with Gasteiger partial charge in [0, 0.05) is 0 Å². The number of benzene rings is 2. The Kier molecular flexibility index (Phi) is 12.5. The number of fused-ring (bicyclic) bond motifs is 1. The van der Waals surface area contributed by atoms with Crippen LogP contribution in [0.4, 0.5) is 5.69 Å². The molecule has 1 atom stereocenters. The molecule has 3 rings (SSSR count). The summed E-state index contributed by atoms with van der Waals surface area (Å²) in [5, 5.41) is 2.38. The van der Waals surface area contributed by atoms with E-state index in [-0.39, 0.29) is 39.1 Å². The van der Waals surface area contributed by atoms with Crippen LogP contribution in [0.25, 0.3) is 0 Å². The SMILES string of the molecule is CCCCCCCCCCCCS(=O)(=O)c1ccc(NC(=O)C(C(=O)OCC)N2C(=O)c3ccccc3C2=O)c(Cl)c1. The number of carbonyl (C=O) groups excluding carboxylic acids is 4. The molecule has 0 bridgehead atoms. The molecular weight excluding hydrogens is 580 g/mol. The highest BCUT2D eigenvalue weighted by molar-refractivity contribution is 7.91. The highest BCUT2D eigenvalue weighted by Gasteiger charge is 2.47. The third-order valence-corrected chi connectivity index (χ3v) is 9.28. The van der Waals surface area contributed by atoms with Crippen LogP contribution in [0, 0.1) is 0 Å². The van der Waals surface area contributed by atoms with Crippen LogP contribution in [0.2, 0.25) is 5.02 Å². The number of anilines is 1. The fraction of sp³-hybridized carbons (Fsp3) is 0.484. The van der Waals surface area contributed by atoms with Gasteiger partial charge in [-0.2, -0.15) is 0 Å². The first-order valence-corrected chi connectivity index (χ1v) is 16.6. The normalized spacial score (nSPS) is 13.6. The quantitative estimate of drug-likeness (QED) is 0.0967. The van der Waals surface area contributed by atoms with Crippen molar-refractivity contribution in [1.29, 1.82) is 0 Å². The monoisotopic (exact) mass is 618 g/mol. The van der Waals surface area contributed by atoms with Gasteiger partial charge >= 0.3 is 5.97 Å². The van der Waals surface area contributed by atoms with Gasteiger partial charge in [-0.25, -0.2) is 13.2 Å². The number of nitrogens with one attached hydrogen (secondary N) is 1. The number of hydrogen-bond acceptors (Lipinski definition) is 7. The zero-order valence-corrected chi connectivity index (χ0v) is 25.8. The summed E-state index contributed by atoms with van der Waals surface area (Å²) < 4.78 is 30.8. The zero-order chi connectivity index (χ0) is 30.7. The number of ether oxygens (including phenoxy) is 1. The second-order valence-corrected chi connectivity index (χ2v) is 12.8. The minimum Gasteiger partial charge on any atom is -0.464 e. The molecule has 0 saturated heterocycles. The summed E-state index contributed by atoms with van der Waals surface area (Å²) in [4.78, 5) is 52.6. The lowest BCUT2D eigenvalue weighted by Gasteiger charge is -2.23. The second kappa shape index (κ2) is 15.8. The van der Waals surface area contributed by atoms with E-state index in [0.717, 1.165) is 19.3 Å². The number of amides is 3. The summed E-state index contributed by atoms with van der Waals surface area (Å²) in [7, 11) is -3.60. The maximum Gasteiger partial charge on any atom is 0.339 e. The standard InChI is InChI=1S/C31H39ClN2O7S/c1-3-5-6-7-8-9-10-11-12-15-20-42(39,40)22-18-19-26(25(32)21-22)33-28(35)27(31(38)41-4-2)34-29(36)23-16-13-14-17-24(23)30(34)37/h13-14,16-19,21,27H,3-12,15,20H2,1-2H3,(H,33,35). The Hall–Kier alpha value is -3.24. The minimum atomic E-state index is -3.60. The summed E-state index contributed by atoms with van der Waals surface area (Å²) in [6, 6.07) is 7.98. The maximum absolute atomic E-state index is 13.3. The molecule has 2 aromatic carbocycles. The van der Waals surface area contributed by atoms with E-state index in [1.807, 2.05) is 0 Å². The smallest absolute Gasteiger partial charge is 0.339 e. The second-order valence-electron chi connectivity index (χ2n) is 10.3. The molecule has 1 aliphatic heterocycles. The largest absolute Gasteiger partial charge is 0.464 e. The van der Waals surface area contributed by atoms with Crippen molar-refractivity contribution in [3.05, 3.63) is 58.6 Å². The fourth-order valence-corrected chi connectivity index (χ4v) is 6.57. The van der Waals surface area contributed by atoms with Crippen LogP contribution in [-0.2, 0) is 24.2 Å². The number of unbranched alkanes of at least 4 members (excludes halogenated alkanes) is 9. The summed E-state index contributed by atoms with van der Waals surface area (Å²) >= 11 is 6.34. The topological polar surface area (TPSA) is 127 Å². The van der Waals surface area contributed by atoms with Gasteiger partial charge in [-0.1, -0.05) is 88.4 Å². The summed E-state index contributed by atoms with van der Waals surface area (Å²) in [6.07, 6.45) is 10.9. The number of sulfone groups is 1. The molecule has 0 fully saturated rings. The predicted molar refractivity (Wildman–Crippen MR) is 161 cm³/mol. The van der Waals surface area contributed by atoms with Gasteiger partial charge in [-0.05, 0) is 43.7 Å². The number of rotatable bonds is 17. The lowest BCUT2D eigenvalue weighted by Crippen LogP contribution is -2.52. The molecule has 228 valence electrons. The van der Waals surface area contributed by atoms with Crippen LogP contribution in [0.3, 0.4) is 0 Å². The van der Waals surface area contributed by atoms with E-state index in [2.05, 4.69) is 12.2 Å². The minimum absolute atomic E-state index is 0.0173. The Labute approximate surface area is 252 Å². The molecule has 0 aromatic heterocycles. The molecule has 42 heavy (non-hydrogen) atoms. The molecule has 11 heteroatoms. The highest BCUT2D eigenvalue weighted by atomic mass is 35.5. The molecule has 2 aromatic rings. The van der Waals surface area contributed by atoms with Gasteiger partial charge in [0.1, 0.15) is 0 Å². The molecular formula is C31H39ClN2O7S. The van der Waals surface area contributed by atoms with Crippen LogP contribution in [0.5, 0.6) is 0 Å². The molecule has 1 N–H and O–H groups in total. The molecule has 0 saturated carbocycles. The van der Waals surface area contributed by atoms with Crippen LogP contribution in [0.1, 0.15) is 98.8 Å². The van der Waals surface area contributed by atoms with Crippen molar-refractivity contribution in [2.45, 2.75) is 89.0 Å². The van der Waals surface area contributed by atoms with Gasteiger partial charge in [0.25, 0.3) is 17.7 Å². The first kappa shape index (κ1) is 33.3. The molecule has 1 unspecified atom stereocenters. The van der Waals surface area contributed by atoms with E-state index in [1.54, 1.807) is 12.1 Å². The first-order valence-electron chi connectivity index (χ1n) is 14.6. The van der Waals surface area contributed by atoms with Crippen molar-refractivity contribution in [3.8, 4) is 0 Å². The lowest BCUT2D eigenvalue weighted by molar-refractivity contribution is -0.150. The van der Waals surface area contributed by atoms with Crippen molar-refractivity contribution in [3.63, 3.8) is 0 Å². The number of halogens is 1. The molecule has 1 aliphatic rings. The van der Waals surface area contributed by atoms with Crippen molar-refractivity contribution in [1.82, 2.24) is 4.90 Å². The molecule has 3 amide bonds. The number of imide groups is 1. The van der Waals surface area contributed by atoms with E-state index in [9.17, 15) is 27.6 Å². The molecule has 0 aliphatic carbocycles. The van der Waals surface area contributed by atoms with Crippen molar-refractivity contribution in [2.75, 3.05) is 17.7 Å².